The van der Waals surface area contributed by atoms with Gasteiger partial charge in [-0.1, -0.05) is 31.5 Å². The molecule has 0 aliphatic heterocycles. The topological polar surface area (TPSA) is 70.6 Å². The van der Waals surface area contributed by atoms with Crippen LogP contribution in [0.25, 0.3) is 0 Å². The number of benzene rings is 2. The molecule has 2 N–H and O–H groups in total. The molecule has 0 unspecified atom stereocenters. The van der Waals surface area contributed by atoms with Crippen molar-refractivity contribution in [3.8, 4) is 0 Å². The SMILES string of the molecule is CCCCc1ccc(NC(=O)Nc2ccc(C)c(N=C=O)c2)cc1. The lowest BCUT2D eigenvalue weighted by Gasteiger charge is -2.09. The maximum Gasteiger partial charge on any atom is 0.323 e. The van der Waals surface area contributed by atoms with E-state index in [2.05, 4.69) is 22.5 Å². The Morgan fingerprint density at radius 3 is 2.42 bits per heavy atom. The van der Waals surface area contributed by atoms with Gasteiger partial charge in [0.05, 0.1) is 5.69 Å². The molecule has 0 bridgehead atoms. The summed E-state index contributed by atoms with van der Waals surface area (Å²) in [5.74, 6) is 0. The first kappa shape index (κ1) is 17.4. The van der Waals surface area contributed by atoms with E-state index in [0.717, 1.165) is 30.5 Å². The minimum absolute atomic E-state index is 0.346. The van der Waals surface area contributed by atoms with Gasteiger partial charge in [0.15, 0.2) is 0 Å². The fourth-order valence-electron chi connectivity index (χ4n) is 2.29. The van der Waals surface area contributed by atoms with Crippen molar-refractivity contribution in [2.45, 2.75) is 33.1 Å². The van der Waals surface area contributed by atoms with Crippen molar-refractivity contribution >= 4 is 29.2 Å². The molecule has 5 nitrogen and oxygen atoms in total. The fraction of sp³-hybridized carbons (Fsp3) is 0.263. The predicted molar refractivity (Wildman–Crippen MR) is 96.7 cm³/mol. The molecular formula is C19H21N3O2. The molecule has 0 fully saturated rings. The number of hydrogen-bond donors (Lipinski definition) is 2. The first-order chi connectivity index (χ1) is 11.6. The summed E-state index contributed by atoms with van der Waals surface area (Å²) >= 11 is 0. The van der Waals surface area contributed by atoms with Crippen LogP contribution >= 0.6 is 0 Å². The number of carbonyl (C=O) groups excluding carboxylic acids is 2. The number of unbranched alkanes of at least 4 members (excludes halogenated alkanes) is 1. The van der Waals surface area contributed by atoms with Crippen molar-refractivity contribution in [3.63, 3.8) is 0 Å². The van der Waals surface area contributed by atoms with Crippen molar-refractivity contribution in [3.05, 3.63) is 53.6 Å². The molecule has 0 radical (unpaired) electrons. The standard InChI is InChI=1S/C19H21N3O2/c1-3-4-5-15-7-10-16(11-8-15)21-19(24)22-17-9-6-14(2)18(12-17)20-13-23/h6-12H,3-5H2,1-2H3,(H2,21,22,24). The normalized spacial score (nSPS) is 9.92. The van der Waals surface area contributed by atoms with E-state index in [1.54, 1.807) is 18.2 Å². The summed E-state index contributed by atoms with van der Waals surface area (Å²) in [7, 11) is 0. The number of isocyanates is 1. The summed E-state index contributed by atoms with van der Waals surface area (Å²) in [5, 5.41) is 5.51. The third kappa shape index (κ3) is 5.07. The van der Waals surface area contributed by atoms with Gasteiger partial charge in [0.25, 0.3) is 0 Å². The molecule has 0 atom stereocenters. The lowest BCUT2D eigenvalue weighted by atomic mass is 10.1. The van der Waals surface area contributed by atoms with Crippen LogP contribution in [0.1, 0.15) is 30.9 Å². The van der Waals surface area contributed by atoms with E-state index >= 15 is 0 Å². The second kappa shape index (κ2) is 8.65. The van der Waals surface area contributed by atoms with Crippen molar-refractivity contribution in [2.24, 2.45) is 4.99 Å². The van der Waals surface area contributed by atoms with Crippen molar-refractivity contribution in [1.82, 2.24) is 0 Å². The Labute approximate surface area is 141 Å². The Morgan fingerprint density at radius 2 is 1.75 bits per heavy atom. The largest absolute Gasteiger partial charge is 0.323 e. The Balaban J connectivity index is 1.98. The van der Waals surface area contributed by atoms with Crippen molar-refractivity contribution in [2.75, 3.05) is 10.6 Å². The predicted octanol–water partition coefficient (Wildman–Crippen LogP) is 4.95. The molecule has 2 amide bonds. The van der Waals surface area contributed by atoms with E-state index < -0.39 is 0 Å². The zero-order valence-electron chi connectivity index (χ0n) is 13.9. The zero-order valence-corrected chi connectivity index (χ0v) is 13.9. The first-order valence-corrected chi connectivity index (χ1v) is 7.98. The second-order valence-corrected chi connectivity index (χ2v) is 5.58. The van der Waals surface area contributed by atoms with Crippen molar-refractivity contribution in [1.29, 1.82) is 0 Å². The molecule has 2 aromatic carbocycles. The van der Waals surface area contributed by atoms with E-state index in [4.69, 9.17) is 0 Å². The summed E-state index contributed by atoms with van der Waals surface area (Å²) in [5.41, 5.74) is 3.88. The van der Waals surface area contributed by atoms with Gasteiger partial charge >= 0.3 is 6.03 Å². The minimum atomic E-state index is -0.346. The highest BCUT2D eigenvalue weighted by Crippen LogP contribution is 2.22. The monoisotopic (exact) mass is 323 g/mol. The average Bonchev–Trinajstić information content (AvgIpc) is 2.57. The molecule has 2 rings (SSSR count). The van der Waals surface area contributed by atoms with Crippen LogP contribution in [0.15, 0.2) is 47.5 Å². The Morgan fingerprint density at radius 1 is 1.08 bits per heavy atom. The molecule has 0 heterocycles. The van der Waals surface area contributed by atoms with Crippen LogP contribution in [0.5, 0.6) is 0 Å². The molecule has 0 aliphatic carbocycles. The minimum Gasteiger partial charge on any atom is -0.308 e. The zero-order chi connectivity index (χ0) is 17.4. The van der Waals surface area contributed by atoms with Crippen LogP contribution in [0.2, 0.25) is 0 Å². The lowest BCUT2D eigenvalue weighted by Crippen LogP contribution is -2.19. The first-order valence-electron chi connectivity index (χ1n) is 7.98. The van der Waals surface area contributed by atoms with Crippen molar-refractivity contribution < 1.29 is 9.59 Å². The molecule has 2 aromatic rings. The van der Waals surface area contributed by atoms with Gasteiger partial charge < -0.3 is 10.6 Å². The number of anilines is 2. The molecule has 0 saturated carbocycles. The smallest absolute Gasteiger partial charge is 0.308 e. The summed E-state index contributed by atoms with van der Waals surface area (Å²) in [4.78, 5) is 26.1. The van der Waals surface area contributed by atoms with Crippen LogP contribution in [-0.4, -0.2) is 12.1 Å². The van der Waals surface area contributed by atoms with Gasteiger partial charge in [-0.25, -0.2) is 9.59 Å². The summed E-state index contributed by atoms with van der Waals surface area (Å²) in [6, 6.07) is 12.7. The van der Waals surface area contributed by atoms with Gasteiger partial charge in [0, 0.05) is 11.4 Å². The van der Waals surface area contributed by atoms with Crippen LogP contribution < -0.4 is 10.6 Å². The summed E-state index contributed by atoms with van der Waals surface area (Å²) in [6.45, 7) is 4.00. The highest BCUT2D eigenvalue weighted by Gasteiger charge is 2.05. The molecular weight excluding hydrogens is 302 g/mol. The summed E-state index contributed by atoms with van der Waals surface area (Å²) in [6.07, 6.45) is 4.88. The number of nitrogens with one attached hydrogen (secondary N) is 2. The van der Waals surface area contributed by atoms with Gasteiger partial charge in [-0.05, 0) is 55.2 Å². The molecule has 0 aromatic heterocycles. The third-order valence-electron chi connectivity index (χ3n) is 3.66. The van der Waals surface area contributed by atoms with Crippen LogP contribution in [-0.2, 0) is 11.2 Å². The number of carbonyl (C=O) groups is 1. The maximum atomic E-state index is 12.1. The molecule has 5 heteroatoms. The van der Waals surface area contributed by atoms with Gasteiger partial charge in [-0.2, -0.15) is 4.99 Å². The number of amides is 2. The van der Waals surface area contributed by atoms with E-state index in [1.807, 2.05) is 31.2 Å². The highest BCUT2D eigenvalue weighted by molar-refractivity contribution is 6.00. The maximum absolute atomic E-state index is 12.1. The van der Waals surface area contributed by atoms with Crippen LogP contribution in [0.4, 0.5) is 21.9 Å². The highest BCUT2D eigenvalue weighted by atomic mass is 16.2. The second-order valence-electron chi connectivity index (χ2n) is 5.58. The Bertz CT molecular complexity index is 748. The molecule has 24 heavy (non-hydrogen) atoms. The van der Waals surface area contributed by atoms with Gasteiger partial charge in [0.1, 0.15) is 0 Å². The lowest BCUT2D eigenvalue weighted by molar-refractivity contribution is 0.262. The Hall–Kier alpha value is -2.91. The quantitative estimate of drug-likeness (QED) is 0.583. The Kier molecular flexibility index (Phi) is 6.29. The third-order valence-corrected chi connectivity index (χ3v) is 3.66. The molecule has 0 aliphatic rings. The van der Waals surface area contributed by atoms with Crippen LogP contribution in [0, 0.1) is 6.92 Å². The van der Waals surface area contributed by atoms with Crippen LogP contribution in [0.3, 0.4) is 0 Å². The number of urea groups is 1. The van der Waals surface area contributed by atoms with Gasteiger partial charge in [0.2, 0.25) is 6.08 Å². The average molecular weight is 323 g/mol. The number of rotatable bonds is 6. The summed E-state index contributed by atoms with van der Waals surface area (Å²) < 4.78 is 0. The van der Waals surface area contributed by atoms with Gasteiger partial charge in [-0.3, -0.25) is 0 Å². The fourth-order valence-corrected chi connectivity index (χ4v) is 2.29. The molecule has 0 spiro atoms. The number of aliphatic imine (C=N–C) groups is 1. The van der Waals surface area contributed by atoms with E-state index in [0.29, 0.717) is 11.4 Å². The van der Waals surface area contributed by atoms with Gasteiger partial charge in [-0.15, -0.1) is 0 Å². The van der Waals surface area contributed by atoms with E-state index in [-0.39, 0.29) is 6.03 Å². The van der Waals surface area contributed by atoms with E-state index in [9.17, 15) is 9.59 Å². The number of hydrogen-bond acceptors (Lipinski definition) is 3. The number of nitrogens with zero attached hydrogens (tertiary/aromatic N) is 1. The number of aryl methyl sites for hydroxylation is 2. The van der Waals surface area contributed by atoms with E-state index in [1.165, 1.54) is 11.6 Å². The molecule has 0 saturated heterocycles. The molecule has 124 valence electrons.